The minimum Gasteiger partial charge on any atom is -0.377 e. The first-order valence-corrected chi connectivity index (χ1v) is 9.52. The Morgan fingerprint density at radius 2 is 2.05 bits per heavy atom. The monoisotopic (exact) mass is 321 g/mol. The van der Waals surface area contributed by atoms with E-state index in [1.54, 1.807) is 0 Å². The highest BCUT2D eigenvalue weighted by atomic mass is 32.2. The minimum atomic E-state index is -1.14. The largest absolute Gasteiger partial charge is 0.377 e. The van der Waals surface area contributed by atoms with Crippen LogP contribution in [0.5, 0.6) is 0 Å². The predicted octanol–water partition coefficient (Wildman–Crippen LogP) is 2.18. The fourth-order valence-electron chi connectivity index (χ4n) is 2.97. The van der Waals surface area contributed by atoms with Gasteiger partial charge in [-0.1, -0.05) is 30.3 Å². The van der Waals surface area contributed by atoms with Gasteiger partial charge in [0.25, 0.3) is 0 Å². The van der Waals surface area contributed by atoms with Crippen molar-refractivity contribution in [2.24, 2.45) is 5.92 Å². The van der Waals surface area contributed by atoms with Crippen LogP contribution in [0.3, 0.4) is 0 Å². The fraction of sp³-hybridized carbons (Fsp3) is 0.588. The van der Waals surface area contributed by atoms with E-state index in [1.165, 1.54) is 0 Å². The molecule has 3 unspecified atom stereocenters. The highest BCUT2D eigenvalue weighted by Gasteiger charge is 2.33. The summed E-state index contributed by atoms with van der Waals surface area (Å²) in [6.45, 7) is 0.756. The van der Waals surface area contributed by atoms with Crippen LogP contribution in [0.25, 0.3) is 0 Å². The van der Waals surface area contributed by atoms with Crippen molar-refractivity contribution in [3.05, 3.63) is 35.9 Å². The normalized spacial score (nSPS) is 23.9. The minimum absolute atomic E-state index is 0.0634. The lowest BCUT2D eigenvalue weighted by Crippen LogP contribution is -2.34. The summed E-state index contributed by atoms with van der Waals surface area (Å²) in [5.41, 5.74) is 1.14. The summed E-state index contributed by atoms with van der Waals surface area (Å²) < 4.78 is 17.6. The zero-order chi connectivity index (χ0) is 15.4. The number of carbonyl (C=O) groups is 1. The van der Waals surface area contributed by atoms with Gasteiger partial charge in [-0.2, -0.15) is 0 Å². The molecule has 1 saturated carbocycles. The average molecular weight is 321 g/mol. The second-order valence-electron chi connectivity index (χ2n) is 6.18. The van der Waals surface area contributed by atoms with Gasteiger partial charge in [-0.15, -0.1) is 0 Å². The van der Waals surface area contributed by atoms with E-state index >= 15 is 0 Å². The maximum Gasteiger partial charge on any atom is 0.233 e. The van der Waals surface area contributed by atoms with Crippen molar-refractivity contribution in [1.82, 2.24) is 5.32 Å². The summed E-state index contributed by atoms with van der Waals surface area (Å²) in [6, 6.07) is 10.1. The molecule has 1 heterocycles. The second-order valence-corrected chi connectivity index (χ2v) is 7.68. The van der Waals surface area contributed by atoms with E-state index in [0.29, 0.717) is 11.7 Å². The number of hydrogen-bond acceptors (Lipinski definition) is 3. The molecule has 3 rings (SSSR count). The average Bonchev–Trinajstić information content (AvgIpc) is 3.23. The van der Waals surface area contributed by atoms with E-state index in [0.717, 1.165) is 37.9 Å². The van der Waals surface area contributed by atoms with Crippen LogP contribution in [0.1, 0.15) is 37.3 Å². The standard InChI is InChI=1S/C17H23NO3S/c19-16(12-22(20)11-15-7-4-10-21-15)18-17(14-8-9-14)13-5-2-1-3-6-13/h1-3,5-6,14-15,17H,4,7-12H2,(H,18,19). The molecule has 1 amide bonds. The number of nitrogens with one attached hydrogen (secondary N) is 1. The maximum absolute atomic E-state index is 12.2. The smallest absolute Gasteiger partial charge is 0.233 e. The van der Waals surface area contributed by atoms with Gasteiger partial charge in [0.05, 0.1) is 17.9 Å². The van der Waals surface area contributed by atoms with Gasteiger partial charge >= 0.3 is 0 Å². The first kappa shape index (κ1) is 15.7. The van der Waals surface area contributed by atoms with Crippen LogP contribution in [0.15, 0.2) is 30.3 Å². The number of benzene rings is 1. The van der Waals surface area contributed by atoms with Gasteiger partial charge in [-0.05, 0) is 37.2 Å². The summed E-state index contributed by atoms with van der Waals surface area (Å²) >= 11 is 0. The van der Waals surface area contributed by atoms with E-state index in [1.807, 2.05) is 30.3 Å². The Kier molecular flexibility index (Phi) is 5.26. The third kappa shape index (κ3) is 4.40. The molecule has 0 radical (unpaired) electrons. The van der Waals surface area contributed by atoms with Gasteiger partial charge in [-0.25, -0.2) is 0 Å². The molecule has 5 heteroatoms. The lowest BCUT2D eigenvalue weighted by Gasteiger charge is -2.19. The van der Waals surface area contributed by atoms with Gasteiger partial charge in [0, 0.05) is 17.4 Å². The lowest BCUT2D eigenvalue weighted by atomic mass is 10.0. The third-order valence-corrected chi connectivity index (χ3v) is 5.58. The van der Waals surface area contributed by atoms with Gasteiger partial charge in [0.2, 0.25) is 5.91 Å². The van der Waals surface area contributed by atoms with Crippen LogP contribution in [0, 0.1) is 5.92 Å². The predicted molar refractivity (Wildman–Crippen MR) is 86.9 cm³/mol. The molecule has 2 fully saturated rings. The van der Waals surface area contributed by atoms with E-state index < -0.39 is 10.8 Å². The molecule has 0 spiro atoms. The number of carbonyl (C=O) groups excluding carboxylic acids is 1. The quantitative estimate of drug-likeness (QED) is 0.837. The Balaban J connectivity index is 1.52. The zero-order valence-electron chi connectivity index (χ0n) is 12.7. The Hall–Kier alpha value is -1.20. The van der Waals surface area contributed by atoms with E-state index in [-0.39, 0.29) is 23.8 Å². The van der Waals surface area contributed by atoms with Crippen LogP contribution in [0.4, 0.5) is 0 Å². The van der Waals surface area contributed by atoms with Crippen molar-refractivity contribution in [2.45, 2.75) is 37.8 Å². The van der Waals surface area contributed by atoms with E-state index in [2.05, 4.69) is 5.32 Å². The number of amides is 1. The molecule has 0 bridgehead atoms. The summed E-state index contributed by atoms with van der Waals surface area (Å²) in [7, 11) is -1.14. The van der Waals surface area contributed by atoms with Crippen molar-refractivity contribution in [3.63, 3.8) is 0 Å². The molecular weight excluding hydrogens is 298 g/mol. The van der Waals surface area contributed by atoms with Gasteiger partial charge in [0.15, 0.2) is 0 Å². The van der Waals surface area contributed by atoms with Crippen molar-refractivity contribution in [3.8, 4) is 0 Å². The molecule has 1 saturated heterocycles. The van der Waals surface area contributed by atoms with Crippen LogP contribution >= 0.6 is 0 Å². The first-order chi connectivity index (χ1) is 10.7. The Morgan fingerprint density at radius 1 is 1.27 bits per heavy atom. The Bertz CT molecular complexity index is 524. The van der Waals surface area contributed by atoms with Gasteiger partial charge in [-0.3, -0.25) is 9.00 Å². The molecule has 3 atom stereocenters. The fourth-order valence-corrected chi connectivity index (χ4v) is 4.14. The molecule has 1 aromatic rings. The third-order valence-electron chi connectivity index (χ3n) is 4.26. The van der Waals surface area contributed by atoms with Crippen molar-refractivity contribution in [1.29, 1.82) is 0 Å². The van der Waals surface area contributed by atoms with Crippen LogP contribution in [-0.4, -0.2) is 34.3 Å². The summed E-state index contributed by atoms with van der Waals surface area (Å²) in [5.74, 6) is 0.970. The molecule has 120 valence electrons. The van der Waals surface area contributed by atoms with Crippen LogP contribution in [-0.2, 0) is 20.3 Å². The molecular formula is C17H23NO3S. The number of hydrogen-bond donors (Lipinski definition) is 1. The highest BCUT2D eigenvalue weighted by Crippen LogP contribution is 2.40. The molecule has 22 heavy (non-hydrogen) atoms. The van der Waals surface area contributed by atoms with Crippen molar-refractivity contribution >= 4 is 16.7 Å². The molecule has 1 aromatic carbocycles. The molecule has 4 nitrogen and oxygen atoms in total. The van der Waals surface area contributed by atoms with Crippen LogP contribution < -0.4 is 5.32 Å². The summed E-state index contributed by atoms with van der Waals surface area (Å²) in [6.07, 6.45) is 4.37. The molecule has 1 N–H and O–H groups in total. The molecule has 1 aliphatic carbocycles. The SMILES string of the molecule is O=C(CS(=O)CC1CCCO1)NC(c1ccccc1)C1CC1. The van der Waals surface area contributed by atoms with Crippen molar-refractivity contribution in [2.75, 3.05) is 18.1 Å². The molecule has 1 aliphatic heterocycles. The van der Waals surface area contributed by atoms with Gasteiger partial charge in [0.1, 0.15) is 5.75 Å². The molecule has 2 aliphatic rings. The summed E-state index contributed by atoms with van der Waals surface area (Å²) in [4.78, 5) is 12.2. The maximum atomic E-state index is 12.2. The topological polar surface area (TPSA) is 55.4 Å². The second kappa shape index (κ2) is 7.38. The summed E-state index contributed by atoms with van der Waals surface area (Å²) in [5, 5.41) is 3.08. The van der Waals surface area contributed by atoms with Crippen molar-refractivity contribution < 1.29 is 13.7 Å². The van der Waals surface area contributed by atoms with Crippen LogP contribution in [0.2, 0.25) is 0 Å². The lowest BCUT2D eigenvalue weighted by molar-refractivity contribution is -0.119. The number of rotatable bonds is 7. The zero-order valence-corrected chi connectivity index (χ0v) is 13.5. The number of ether oxygens (including phenoxy) is 1. The Labute approximate surface area is 134 Å². The van der Waals surface area contributed by atoms with Gasteiger partial charge < -0.3 is 10.1 Å². The first-order valence-electron chi connectivity index (χ1n) is 8.03. The molecule has 0 aromatic heterocycles. The van der Waals surface area contributed by atoms with E-state index in [4.69, 9.17) is 4.74 Å². The van der Waals surface area contributed by atoms with E-state index in [9.17, 15) is 9.00 Å². The Morgan fingerprint density at radius 3 is 2.68 bits per heavy atom. The highest BCUT2D eigenvalue weighted by molar-refractivity contribution is 7.85.